The topological polar surface area (TPSA) is 88.2 Å². The largest absolute Gasteiger partial charge is 0.491 e. The number of ether oxygens (including phenoxy) is 2. The van der Waals surface area contributed by atoms with E-state index in [-0.39, 0.29) is 48.5 Å². The number of alkyl halides is 3. The maximum atomic E-state index is 13.1. The first-order valence-corrected chi connectivity index (χ1v) is 12.4. The molecule has 1 aliphatic rings. The lowest BCUT2D eigenvalue weighted by Crippen LogP contribution is -2.47. The Bertz CT molecular complexity index is 926. The zero-order valence-corrected chi connectivity index (χ0v) is 20.3. The number of carbonyl (C=O) groups excluding carboxylic acids is 1. The highest BCUT2D eigenvalue weighted by Crippen LogP contribution is 2.28. The standard InChI is InChI=1S/C21H32F3N3O5S/c1-14-11-27(9-8-21(22,23)24)15(2)13-32-18-10-16(25-33(5,29)30)6-7-17(18)20(28)26(3)12-19(14)31-4/h6-7,10,14-15,19,25H,8-9,11-13H2,1-5H3/t14-,15-,19+/m0/s1. The molecule has 0 unspecified atom stereocenters. The van der Waals surface area contributed by atoms with Crippen LogP contribution in [0.5, 0.6) is 5.75 Å². The van der Waals surface area contributed by atoms with Gasteiger partial charge in [0.15, 0.2) is 0 Å². The third-order valence-electron chi connectivity index (χ3n) is 5.56. The quantitative estimate of drug-likeness (QED) is 0.676. The van der Waals surface area contributed by atoms with Crippen LogP contribution < -0.4 is 9.46 Å². The van der Waals surface area contributed by atoms with Crippen LogP contribution in [0.3, 0.4) is 0 Å². The third-order valence-corrected chi connectivity index (χ3v) is 6.17. The number of hydrogen-bond acceptors (Lipinski definition) is 6. The summed E-state index contributed by atoms with van der Waals surface area (Å²) in [6.07, 6.45) is -4.65. The van der Waals surface area contributed by atoms with Gasteiger partial charge < -0.3 is 14.4 Å². The van der Waals surface area contributed by atoms with E-state index in [1.165, 1.54) is 30.2 Å². The average molecular weight is 496 g/mol. The summed E-state index contributed by atoms with van der Waals surface area (Å²) >= 11 is 0. The Morgan fingerprint density at radius 1 is 1.24 bits per heavy atom. The number of hydrogen-bond donors (Lipinski definition) is 1. The molecule has 0 radical (unpaired) electrons. The monoisotopic (exact) mass is 495 g/mol. The number of fused-ring (bicyclic) bond motifs is 1. The molecule has 0 spiro atoms. The highest BCUT2D eigenvalue weighted by Gasteiger charge is 2.32. The summed E-state index contributed by atoms with van der Waals surface area (Å²) in [7, 11) is -0.448. The van der Waals surface area contributed by atoms with Gasteiger partial charge in [0.25, 0.3) is 5.91 Å². The first-order chi connectivity index (χ1) is 15.2. The van der Waals surface area contributed by atoms with Crippen molar-refractivity contribution in [3.8, 4) is 5.75 Å². The molecule has 0 fully saturated rings. The van der Waals surface area contributed by atoms with Gasteiger partial charge in [-0.2, -0.15) is 13.2 Å². The Labute approximate surface area is 193 Å². The van der Waals surface area contributed by atoms with Crippen LogP contribution in [-0.4, -0.2) is 89.1 Å². The van der Waals surface area contributed by atoms with Crippen LogP contribution in [0, 0.1) is 5.92 Å². The van der Waals surface area contributed by atoms with Crippen molar-refractivity contribution in [1.82, 2.24) is 9.80 Å². The van der Waals surface area contributed by atoms with Crippen LogP contribution >= 0.6 is 0 Å². The van der Waals surface area contributed by atoms with Crippen LogP contribution in [0.4, 0.5) is 18.9 Å². The van der Waals surface area contributed by atoms with Crippen molar-refractivity contribution in [2.24, 2.45) is 5.92 Å². The van der Waals surface area contributed by atoms with E-state index >= 15 is 0 Å². The minimum atomic E-state index is -4.29. The van der Waals surface area contributed by atoms with Crippen molar-refractivity contribution in [3.05, 3.63) is 23.8 Å². The number of methoxy groups -OCH3 is 1. The highest BCUT2D eigenvalue weighted by atomic mass is 32.2. The number of nitrogens with zero attached hydrogens (tertiary/aromatic N) is 2. The third kappa shape index (κ3) is 8.35. The molecule has 0 bridgehead atoms. The molecule has 1 amide bonds. The van der Waals surface area contributed by atoms with Gasteiger partial charge >= 0.3 is 6.18 Å². The fourth-order valence-electron chi connectivity index (χ4n) is 3.71. The summed E-state index contributed by atoms with van der Waals surface area (Å²) in [6.45, 7) is 3.98. The molecule has 0 aliphatic carbocycles. The Morgan fingerprint density at radius 2 is 1.91 bits per heavy atom. The second kappa shape index (κ2) is 10.9. The summed E-state index contributed by atoms with van der Waals surface area (Å²) in [4.78, 5) is 16.3. The second-order valence-corrected chi connectivity index (χ2v) is 10.3. The molecule has 1 heterocycles. The molecule has 1 aromatic carbocycles. The maximum absolute atomic E-state index is 13.1. The molecule has 8 nitrogen and oxygen atoms in total. The lowest BCUT2D eigenvalue weighted by molar-refractivity contribution is -0.140. The van der Waals surface area contributed by atoms with Crippen LogP contribution in [-0.2, 0) is 14.8 Å². The number of halogens is 3. The molecule has 3 atom stereocenters. The average Bonchev–Trinajstić information content (AvgIpc) is 2.69. The number of likely N-dealkylation sites (N-methyl/N-ethyl adjacent to an activating group) is 1. The minimum absolute atomic E-state index is 0.00848. The molecule has 33 heavy (non-hydrogen) atoms. The summed E-state index contributed by atoms with van der Waals surface area (Å²) in [5.74, 6) is -0.348. The Morgan fingerprint density at radius 3 is 2.48 bits per heavy atom. The first kappa shape index (κ1) is 27.2. The number of anilines is 1. The second-order valence-electron chi connectivity index (χ2n) is 8.54. The fourth-order valence-corrected chi connectivity index (χ4v) is 4.26. The van der Waals surface area contributed by atoms with Crippen LogP contribution in [0.25, 0.3) is 0 Å². The normalized spacial score (nSPS) is 23.8. The molecule has 0 saturated heterocycles. The zero-order chi connectivity index (χ0) is 25.0. The predicted molar refractivity (Wildman–Crippen MR) is 119 cm³/mol. The van der Waals surface area contributed by atoms with Crippen molar-refractivity contribution >= 4 is 21.6 Å². The van der Waals surface area contributed by atoms with Crippen LogP contribution in [0.1, 0.15) is 30.6 Å². The molecule has 1 aliphatic heterocycles. The van der Waals surface area contributed by atoms with Gasteiger partial charge in [-0.1, -0.05) is 6.92 Å². The van der Waals surface area contributed by atoms with Gasteiger partial charge in [-0.05, 0) is 25.0 Å². The van der Waals surface area contributed by atoms with Gasteiger partial charge in [0.2, 0.25) is 10.0 Å². The lowest BCUT2D eigenvalue weighted by Gasteiger charge is -2.36. The summed E-state index contributed by atoms with van der Waals surface area (Å²) < 4.78 is 75.7. The lowest BCUT2D eigenvalue weighted by atomic mass is 10.0. The SMILES string of the molecule is CO[C@@H]1CN(C)C(=O)c2ccc(NS(C)(=O)=O)cc2OC[C@H](C)N(CCC(F)(F)F)C[C@@H]1C. The van der Waals surface area contributed by atoms with E-state index in [9.17, 15) is 26.4 Å². The zero-order valence-electron chi connectivity index (χ0n) is 19.5. The number of nitrogens with one attached hydrogen (secondary N) is 1. The van der Waals surface area contributed by atoms with E-state index in [1.54, 1.807) is 18.9 Å². The smallest absolute Gasteiger partial charge is 0.390 e. The summed E-state index contributed by atoms with van der Waals surface area (Å²) in [5.41, 5.74) is 0.428. The van der Waals surface area contributed by atoms with E-state index in [4.69, 9.17) is 9.47 Å². The molecule has 1 N–H and O–H groups in total. The number of amides is 1. The van der Waals surface area contributed by atoms with E-state index in [1.807, 2.05) is 6.92 Å². The Hall–Kier alpha value is -2.05. The molecule has 0 aromatic heterocycles. The number of carbonyl (C=O) groups is 1. The molecule has 1 aromatic rings. The van der Waals surface area contributed by atoms with Crippen molar-refractivity contribution < 1.29 is 35.9 Å². The summed E-state index contributed by atoms with van der Waals surface area (Å²) in [6, 6.07) is 3.91. The van der Waals surface area contributed by atoms with Crippen molar-refractivity contribution in [2.45, 2.75) is 38.6 Å². The molecular weight excluding hydrogens is 463 g/mol. The molecule has 2 rings (SSSR count). The predicted octanol–water partition coefficient (Wildman–Crippen LogP) is 2.82. The molecular formula is C21H32F3N3O5S. The van der Waals surface area contributed by atoms with Crippen LogP contribution in [0.15, 0.2) is 18.2 Å². The van der Waals surface area contributed by atoms with Gasteiger partial charge in [-0.25, -0.2) is 8.42 Å². The Kier molecular flexibility index (Phi) is 9.00. The first-order valence-electron chi connectivity index (χ1n) is 10.5. The van der Waals surface area contributed by atoms with Crippen molar-refractivity contribution in [3.63, 3.8) is 0 Å². The van der Waals surface area contributed by atoms with E-state index in [0.29, 0.717) is 6.54 Å². The van der Waals surface area contributed by atoms with Crippen molar-refractivity contribution in [2.75, 3.05) is 51.4 Å². The van der Waals surface area contributed by atoms with Gasteiger partial charge in [0.1, 0.15) is 12.4 Å². The molecule has 0 saturated carbocycles. The van der Waals surface area contributed by atoms with Gasteiger partial charge in [0.05, 0.1) is 30.0 Å². The highest BCUT2D eigenvalue weighted by molar-refractivity contribution is 7.92. The van der Waals surface area contributed by atoms with Gasteiger partial charge in [-0.3, -0.25) is 14.4 Å². The Balaban J connectivity index is 2.42. The molecule has 188 valence electrons. The number of sulfonamides is 1. The van der Waals surface area contributed by atoms with E-state index < -0.39 is 34.8 Å². The van der Waals surface area contributed by atoms with Crippen LogP contribution in [0.2, 0.25) is 0 Å². The van der Waals surface area contributed by atoms with E-state index in [2.05, 4.69) is 4.72 Å². The fraction of sp³-hybridized carbons (Fsp3) is 0.667. The minimum Gasteiger partial charge on any atom is -0.491 e. The number of rotatable bonds is 5. The molecule has 12 heteroatoms. The van der Waals surface area contributed by atoms with Gasteiger partial charge in [-0.15, -0.1) is 0 Å². The van der Waals surface area contributed by atoms with Crippen molar-refractivity contribution in [1.29, 1.82) is 0 Å². The van der Waals surface area contributed by atoms with E-state index in [0.717, 1.165) is 6.26 Å². The number of benzene rings is 1. The summed E-state index contributed by atoms with van der Waals surface area (Å²) in [5, 5.41) is 0. The van der Waals surface area contributed by atoms with Gasteiger partial charge in [0, 0.05) is 45.9 Å². The maximum Gasteiger partial charge on any atom is 0.390 e.